The molecule has 0 amide bonds. The quantitative estimate of drug-likeness (QED) is 0.788. The highest BCUT2D eigenvalue weighted by molar-refractivity contribution is 5.42. The normalized spacial score (nSPS) is 10.6. The molecule has 0 unspecified atom stereocenters. The molecule has 2 aromatic rings. The lowest BCUT2D eigenvalue weighted by Gasteiger charge is -2.20. The van der Waals surface area contributed by atoms with E-state index in [1.54, 1.807) is 0 Å². The molecule has 0 aliphatic heterocycles. The number of pyridine rings is 1. The largest absolute Gasteiger partial charge is 0.355 e. The van der Waals surface area contributed by atoms with E-state index >= 15 is 0 Å². The molecule has 0 fully saturated rings. The van der Waals surface area contributed by atoms with Gasteiger partial charge in [0.1, 0.15) is 5.82 Å². The van der Waals surface area contributed by atoms with E-state index in [0.29, 0.717) is 0 Å². The molecule has 0 aliphatic carbocycles. The van der Waals surface area contributed by atoms with Crippen LogP contribution in [-0.2, 0) is 13.1 Å². The fraction of sp³-hybridized carbons (Fsp3) is 0.389. The molecular formula is C18H25N3. The van der Waals surface area contributed by atoms with Crippen LogP contribution >= 0.6 is 0 Å². The highest BCUT2D eigenvalue weighted by Crippen LogP contribution is 2.16. The highest BCUT2D eigenvalue weighted by Gasteiger charge is 2.06. The summed E-state index contributed by atoms with van der Waals surface area (Å²) in [6.07, 6.45) is 3.05. The Labute approximate surface area is 128 Å². The zero-order chi connectivity index (χ0) is 15.1. The van der Waals surface area contributed by atoms with Crippen molar-refractivity contribution in [2.45, 2.75) is 33.4 Å². The summed E-state index contributed by atoms with van der Waals surface area (Å²) in [5, 5.41) is 3.43. The van der Waals surface area contributed by atoms with E-state index in [0.717, 1.165) is 31.9 Å². The predicted octanol–water partition coefficient (Wildman–Crippen LogP) is 3.53. The van der Waals surface area contributed by atoms with Crippen LogP contribution in [0.4, 0.5) is 5.82 Å². The van der Waals surface area contributed by atoms with Gasteiger partial charge in [-0.1, -0.05) is 31.2 Å². The number of hydrogen-bond acceptors (Lipinski definition) is 3. The zero-order valence-electron chi connectivity index (χ0n) is 13.3. The van der Waals surface area contributed by atoms with Crippen molar-refractivity contribution in [3.05, 3.63) is 59.3 Å². The average Bonchev–Trinajstić information content (AvgIpc) is 2.50. The lowest BCUT2D eigenvalue weighted by Crippen LogP contribution is -2.19. The van der Waals surface area contributed by atoms with Crippen LogP contribution in [0.2, 0.25) is 0 Å². The fourth-order valence-electron chi connectivity index (χ4n) is 2.31. The molecule has 1 aromatic carbocycles. The molecule has 2 rings (SSSR count). The maximum Gasteiger partial charge on any atom is 0.128 e. The molecular weight excluding hydrogens is 258 g/mol. The van der Waals surface area contributed by atoms with Gasteiger partial charge in [-0.05, 0) is 48.7 Å². The first kappa shape index (κ1) is 15.5. The fourth-order valence-corrected chi connectivity index (χ4v) is 2.31. The van der Waals surface area contributed by atoms with Crippen molar-refractivity contribution in [3.63, 3.8) is 0 Å². The minimum Gasteiger partial charge on any atom is -0.355 e. The molecule has 3 nitrogen and oxygen atoms in total. The van der Waals surface area contributed by atoms with Crippen LogP contribution in [0, 0.1) is 6.92 Å². The van der Waals surface area contributed by atoms with Crippen LogP contribution in [-0.4, -0.2) is 18.6 Å². The monoisotopic (exact) mass is 283 g/mol. The number of aromatic nitrogens is 1. The van der Waals surface area contributed by atoms with Gasteiger partial charge in [0.05, 0.1) is 0 Å². The third-order valence-electron chi connectivity index (χ3n) is 3.63. The summed E-state index contributed by atoms with van der Waals surface area (Å²) in [7, 11) is 2.10. The van der Waals surface area contributed by atoms with Crippen LogP contribution in [0.5, 0.6) is 0 Å². The Kier molecular flexibility index (Phi) is 5.76. The van der Waals surface area contributed by atoms with Crippen LogP contribution in [0.3, 0.4) is 0 Å². The van der Waals surface area contributed by atoms with Gasteiger partial charge in [0.2, 0.25) is 0 Å². The summed E-state index contributed by atoms with van der Waals surface area (Å²) in [5.74, 6) is 1.02. The molecule has 0 saturated heterocycles. The van der Waals surface area contributed by atoms with Gasteiger partial charge in [-0.25, -0.2) is 4.98 Å². The maximum absolute atomic E-state index is 4.49. The van der Waals surface area contributed by atoms with Gasteiger partial charge in [0.25, 0.3) is 0 Å². The average molecular weight is 283 g/mol. The summed E-state index contributed by atoms with van der Waals surface area (Å²) in [6, 6.07) is 12.8. The number of anilines is 1. The maximum atomic E-state index is 4.49. The molecule has 0 atom stereocenters. The van der Waals surface area contributed by atoms with Crippen molar-refractivity contribution in [2.24, 2.45) is 0 Å². The van der Waals surface area contributed by atoms with E-state index in [4.69, 9.17) is 0 Å². The summed E-state index contributed by atoms with van der Waals surface area (Å²) >= 11 is 0. The summed E-state index contributed by atoms with van der Waals surface area (Å²) in [5.41, 5.74) is 3.95. The van der Waals surface area contributed by atoms with Crippen LogP contribution < -0.4 is 10.2 Å². The third-order valence-corrected chi connectivity index (χ3v) is 3.63. The molecule has 3 heteroatoms. The van der Waals surface area contributed by atoms with Crippen molar-refractivity contribution in [1.82, 2.24) is 10.3 Å². The lowest BCUT2D eigenvalue weighted by molar-refractivity contribution is 0.674. The SMILES string of the molecule is CCCNCc1ccnc(N(C)Cc2ccccc2C)c1. The minimum atomic E-state index is 0.880. The van der Waals surface area contributed by atoms with Crippen molar-refractivity contribution in [1.29, 1.82) is 0 Å². The lowest BCUT2D eigenvalue weighted by atomic mass is 10.1. The van der Waals surface area contributed by atoms with Crippen molar-refractivity contribution < 1.29 is 0 Å². The van der Waals surface area contributed by atoms with Gasteiger partial charge < -0.3 is 10.2 Å². The van der Waals surface area contributed by atoms with Crippen molar-refractivity contribution >= 4 is 5.82 Å². The Morgan fingerprint density at radius 3 is 2.76 bits per heavy atom. The molecule has 1 heterocycles. The van der Waals surface area contributed by atoms with E-state index in [1.807, 2.05) is 6.20 Å². The van der Waals surface area contributed by atoms with Gasteiger partial charge in [-0.15, -0.1) is 0 Å². The van der Waals surface area contributed by atoms with Crippen molar-refractivity contribution in [2.75, 3.05) is 18.5 Å². The Morgan fingerprint density at radius 1 is 1.19 bits per heavy atom. The molecule has 0 aliphatic rings. The number of benzene rings is 1. The van der Waals surface area contributed by atoms with E-state index in [-0.39, 0.29) is 0 Å². The molecule has 0 radical (unpaired) electrons. The molecule has 1 aromatic heterocycles. The number of rotatable bonds is 7. The zero-order valence-corrected chi connectivity index (χ0v) is 13.3. The molecule has 1 N–H and O–H groups in total. The molecule has 0 bridgehead atoms. The molecule has 21 heavy (non-hydrogen) atoms. The van der Waals surface area contributed by atoms with Crippen LogP contribution in [0.25, 0.3) is 0 Å². The first-order valence-electron chi connectivity index (χ1n) is 7.62. The second kappa shape index (κ2) is 7.79. The Balaban J connectivity index is 2.03. The number of nitrogens with zero attached hydrogens (tertiary/aromatic N) is 2. The van der Waals surface area contributed by atoms with Crippen LogP contribution in [0.1, 0.15) is 30.0 Å². The first-order valence-corrected chi connectivity index (χ1v) is 7.62. The number of aryl methyl sites for hydroxylation is 1. The number of hydrogen-bond donors (Lipinski definition) is 1. The molecule has 0 spiro atoms. The van der Waals surface area contributed by atoms with Crippen LogP contribution in [0.15, 0.2) is 42.6 Å². The van der Waals surface area contributed by atoms with Gasteiger partial charge in [0.15, 0.2) is 0 Å². The standard InChI is InChI=1S/C18H25N3/c1-4-10-19-13-16-9-11-20-18(12-16)21(3)14-17-8-6-5-7-15(17)2/h5-9,11-12,19H,4,10,13-14H2,1-3H3. The summed E-state index contributed by atoms with van der Waals surface area (Å²) < 4.78 is 0. The predicted molar refractivity (Wildman–Crippen MR) is 89.5 cm³/mol. The number of nitrogens with one attached hydrogen (secondary N) is 1. The molecule has 112 valence electrons. The van der Waals surface area contributed by atoms with E-state index in [2.05, 4.69) is 72.5 Å². The van der Waals surface area contributed by atoms with Crippen molar-refractivity contribution in [3.8, 4) is 0 Å². The Hall–Kier alpha value is -1.87. The smallest absolute Gasteiger partial charge is 0.128 e. The Bertz CT molecular complexity index is 566. The van der Waals surface area contributed by atoms with Gasteiger partial charge in [-0.3, -0.25) is 0 Å². The second-order valence-electron chi connectivity index (χ2n) is 5.48. The minimum absolute atomic E-state index is 0.880. The van der Waals surface area contributed by atoms with Gasteiger partial charge in [-0.2, -0.15) is 0 Å². The van der Waals surface area contributed by atoms with E-state index < -0.39 is 0 Å². The topological polar surface area (TPSA) is 28.2 Å². The van der Waals surface area contributed by atoms with E-state index in [1.165, 1.54) is 16.7 Å². The van der Waals surface area contributed by atoms with Gasteiger partial charge >= 0.3 is 0 Å². The molecule has 0 saturated carbocycles. The third kappa shape index (κ3) is 4.57. The Morgan fingerprint density at radius 2 is 2.00 bits per heavy atom. The second-order valence-corrected chi connectivity index (χ2v) is 5.48. The highest BCUT2D eigenvalue weighted by atomic mass is 15.2. The van der Waals surface area contributed by atoms with Gasteiger partial charge in [0, 0.05) is 26.3 Å². The van der Waals surface area contributed by atoms with E-state index in [9.17, 15) is 0 Å². The first-order chi connectivity index (χ1) is 10.2. The summed E-state index contributed by atoms with van der Waals surface area (Å²) in [6.45, 7) is 7.17. The summed E-state index contributed by atoms with van der Waals surface area (Å²) in [4.78, 5) is 6.69.